The molecule has 5 heteroatoms. The molecule has 0 radical (unpaired) electrons. The van der Waals surface area contributed by atoms with Crippen molar-refractivity contribution in [2.24, 2.45) is 0 Å². The van der Waals surface area contributed by atoms with Crippen molar-refractivity contribution in [3.8, 4) is 5.69 Å². The van der Waals surface area contributed by atoms with Crippen molar-refractivity contribution in [2.45, 2.75) is 0 Å². The van der Waals surface area contributed by atoms with Gasteiger partial charge in [-0.1, -0.05) is 12.1 Å². The molecule has 2 aromatic rings. The van der Waals surface area contributed by atoms with Crippen molar-refractivity contribution in [2.75, 3.05) is 0 Å². The first-order valence-electron chi connectivity index (χ1n) is 4.55. The van der Waals surface area contributed by atoms with E-state index in [9.17, 15) is 9.59 Å². The minimum atomic E-state index is -1.05. The quantitative estimate of drug-likeness (QED) is 0.787. The molecular weight excluding hydrogens is 208 g/mol. The van der Waals surface area contributed by atoms with Crippen LogP contribution in [0.3, 0.4) is 0 Å². The number of carbonyl (C=O) groups excluding carboxylic acids is 1. The zero-order valence-corrected chi connectivity index (χ0v) is 8.20. The summed E-state index contributed by atoms with van der Waals surface area (Å²) in [6.45, 7) is 0. The topological polar surface area (TPSA) is 72.2 Å². The molecule has 1 aromatic carbocycles. The van der Waals surface area contributed by atoms with Crippen LogP contribution in [0.25, 0.3) is 5.69 Å². The third-order valence-electron chi connectivity index (χ3n) is 2.14. The SMILES string of the molecule is O=Cc1ccccc1-n1cc(C(=O)O)cn1. The van der Waals surface area contributed by atoms with Gasteiger partial charge in [0, 0.05) is 11.8 Å². The summed E-state index contributed by atoms with van der Waals surface area (Å²) in [5.74, 6) is -1.05. The van der Waals surface area contributed by atoms with E-state index in [0.29, 0.717) is 17.5 Å². The molecule has 0 fully saturated rings. The third-order valence-corrected chi connectivity index (χ3v) is 2.14. The van der Waals surface area contributed by atoms with Gasteiger partial charge in [0.1, 0.15) is 0 Å². The third kappa shape index (κ3) is 1.70. The van der Waals surface area contributed by atoms with Crippen molar-refractivity contribution in [3.05, 3.63) is 47.8 Å². The highest BCUT2D eigenvalue weighted by Crippen LogP contribution is 2.12. The number of hydrogen-bond donors (Lipinski definition) is 1. The summed E-state index contributed by atoms with van der Waals surface area (Å²) >= 11 is 0. The van der Waals surface area contributed by atoms with Crippen LogP contribution in [0.5, 0.6) is 0 Å². The van der Waals surface area contributed by atoms with Gasteiger partial charge in [-0.2, -0.15) is 5.10 Å². The lowest BCUT2D eigenvalue weighted by atomic mass is 10.2. The van der Waals surface area contributed by atoms with Crippen LogP contribution in [-0.2, 0) is 0 Å². The summed E-state index contributed by atoms with van der Waals surface area (Å²) in [5.41, 5.74) is 1.10. The van der Waals surface area contributed by atoms with Crippen LogP contribution >= 0.6 is 0 Å². The molecule has 0 unspecified atom stereocenters. The number of aldehydes is 1. The van der Waals surface area contributed by atoms with Crippen molar-refractivity contribution < 1.29 is 14.7 Å². The monoisotopic (exact) mass is 216 g/mol. The Balaban J connectivity index is 2.50. The van der Waals surface area contributed by atoms with Crippen LogP contribution < -0.4 is 0 Å². The molecule has 0 atom stereocenters. The van der Waals surface area contributed by atoms with Gasteiger partial charge in [-0.25, -0.2) is 9.48 Å². The predicted octanol–water partition coefficient (Wildman–Crippen LogP) is 1.38. The Morgan fingerprint density at radius 2 is 2.12 bits per heavy atom. The summed E-state index contributed by atoms with van der Waals surface area (Å²) in [4.78, 5) is 21.5. The molecule has 0 bridgehead atoms. The van der Waals surface area contributed by atoms with Crippen molar-refractivity contribution >= 4 is 12.3 Å². The predicted molar refractivity (Wildman–Crippen MR) is 55.9 cm³/mol. The van der Waals surface area contributed by atoms with E-state index in [4.69, 9.17) is 5.11 Å². The highest BCUT2D eigenvalue weighted by Gasteiger charge is 2.09. The van der Waals surface area contributed by atoms with Gasteiger partial charge in [0.15, 0.2) is 6.29 Å². The lowest BCUT2D eigenvalue weighted by molar-refractivity contribution is 0.0696. The maximum atomic E-state index is 10.8. The molecule has 0 saturated carbocycles. The number of nitrogens with zero attached hydrogens (tertiary/aromatic N) is 2. The molecule has 1 aromatic heterocycles. The van der Waals surface area contributed by atoms with Gasteiger partial charge < -0.3 is 5.11 Å². The van der Waals surface area contributed by atoms with E-state index in [1.54, 1.807) is 24.3 Å². The van der Waals surface area contributed by atoms with Crippen LogP contribution in [0, 0.1) is 0 Å². The molecule has 2 rings (SSSR count). The number of carboxylic acid groups (broad SMARTS) is 1. The number of hydrogen-bond acceptors (Lipinski definition) is 3. The molecule has 0 amide bonds. The van der Waals surface area contributed by atoms with Crippen molar-refractivity contribution in [3.63, 3.8) is 0 Å². The lowest BCUT2D eigenvalue weighted by Gasteiger charge is -2.03. The Kier molecular flexibility index (Phi) is 2.51. The maximum Gasteiger partial charge on any atom is 0.338 e. The number of aromatic nitrogens is 2. The molecule has 1 heterocycles. The van der Waals surface area contributed by atoms with Crippen LogP contribution in [0.1, 0.15) is 20.7 Å². The van der Waals surface area contributed by atoms with E-state index >= 15 is 0 Å². The average molecular weight is 216 g/mol. The first-order chi connectivity index (χ1) is 7.72. The fourth-order valence-electron chi connectivity index (χ4n) is 1.36. The Labute approximate surface area is 90.9 Å². The first-order valence-corrected chi connectivity index (χ1v) is 4.55. The van der Waals surface area contributed by atoms with Gasteiger partial charge in [-0.3, -0.25) is 4.79 Å². The Bertz CT molecular complexity index is 546. The molecule has 0 saturated heterocycles. The minimum Gasteiger partial charge on any atom is -0.478 e. The molecule has 0 aliphatic carbocycles. The summed E-state index contributed by atoms with van der Waals surface area (Å²) < 4.78 is 1.37. The minimum absolute atomic E-state index is 0.0840. The Morgan fingerprint density at radius 3 is 2.75 bits per heavy atom. The van der Waals surface area contributed by atoms with E-state index in [1.807, 2.05) is 0 Å². The Hall–Kier alpha value is -2.43. The van der Waals surface area contributed by atoms with Gasteiger partial charge in [0.25, 0.3) is 0 Å². The number of carbonyl (C=O) groups is 2. The molecule has 16 heavy (non-hydrogen) atoms. The highest BCUT2D eigenvalue weighted by atomic mass is 16.4. The van der Waals surface area contributed by atoms with Crippen molar-refractivity contribution in [1.82, 2.24) is 9.78 Å². The number of carboxylic acids is 1. The molecule has 0 spiro atoms. The molecule has 80 valence electrons. The van der Waals surface area contributed by atoms with Gasteiger partial charge in [-0.15, -0.1) is 0 Å². The van der Waals surface area contributed by atoms with Gasteiger partial charge in [-0.05, 0) is 12.1 Å². The largest absolute Gasteiger partial charge is 0.478 e. The summed E-state index contributed by atoms with van der Waals surface area (Å²) in [7, 11) is 0. The molecule has 0 aliphatic rings. The Morgan fingerprint density at radius 1 is 1.38 bits per heavy atom. The second kappa shape index (κ2) is 3.98. The van der Waals surface area contributed by atoms with Crippen LogP contribution in [0.4, 0.5) is 0 Å². The maximum absolute atomic E-state index is 10.8. The van der Waals surface area contributed by atoms with Crippen LogP contribution in [0.2, 0.25) is 0 Å². The number of aromatic carboxylic acids is 1. The summed E-state index contributed by atoms with van der Waals surface area (Å²) in [6.07, 6.45) is 3.31. The molecular formula is C11H8N2O3. The van der Waals surface area contributed by atoms with Gasteiger partial charge in [0.2, 0.25) is 0 Å². The molecule has 0 aliphatic heterocycles. The second-order valence-corrected chi connectivity index (χ2v) is 3.16. The van der Waals surface area contributed by atoms with Gasteiger partial charge in [0.05, 0.1) is 17.4 Å². The summed E-state index contributed by atoms with van der Waals surface area (Å²) in [5, 5.41) is 12.6. The first kappa shape index (κ1) is 10.1. The molecule has 5 nitrogen and oxygen atoms in total. The fraction of sp³-hybridized carbons (Fsp3) is 0. The standard InChI is InChI=1S/C11H8N2O3/c14-7-8-3-1-2-4-10(8)13-6-9(5-12-13)11(15)16/h1-7H,(H,15,16). The second-order valence-electron chi connectivity index (χ2n) is 3.16. The fourth-order valence-corrected chi connectivity index (χ4v) is 1.36. The van der Waals surface area contributed by atoms with E-state index in [2.05, 4.69) is 5.10 Å². The smallest absolute Gasteiger partial charge is 0.338 e. The lowest BCUT2D eigenvalue weighted by Crippen LogP contribution is -1.99. The molecule has 1 N–H and O–H groups in total. The normalized spacial score (nSPS) is 10.0. The van der Waals surface area contributed by atoms with Crippen molar-refractivity contribution in [1.29, 1.82) is 0 Å². The number of benzene rings is 1. The summed E-state index contributed by atoms with van der Waals surface area (Å²) in [6, 6.07) is 6.83. The van der Waals surface area contributed by atoms with Crippen LogP contribution in [-0.4, -0.2) is 27.1 Å². The zero-order valence-electron chi connectivity index (χ0n) is 8.20. The average Bonchev–Trinajstić information content (AvgIpc) is 2.78. The highest BCUT2D eigenvalue weighted by molar-refractivity contribution is 5.87. The number of rotatable bonds is 3. The van der Waals surface area contributed by atoms with Crippen LogP contribution in [0.15, 0.2) is 36.7 Å². The van der Waals surface area contributed by atoms with E-state index < -0.39 is 5.97 Å². The van der Waals surface area contributed by atoms with Gasteiger partial charge >= 0.3 is 5.97 Å². The zero-order chi connectivity index (χ0) is 11.5. The van der Waals surface area contributed by atoms with E-state index in [0.717, 1.165) is 0 Å². The van der Waals surface area contributed by atoms with E-state index in [1.165, 1.54) is 17.1 Å². The van der Waals surface area contributed by atoms with E-state index in [-0.39, 0.29) is 5.56 Å². The number of para-hydroxylation sites is 1.